The van der Waals surface area contributed by atoms with Crippen molar-refractivity contribution < 1.29 is 0 Å². The normalized spacial score (nSPS) is 29.6. The van der Waals surface area contributed by atoms with Crippen LogP contribution in [0.4, 0.5) is 0 Å². The fourth-order valence-corrected chi connectivity index (χ4v) is 4.26. The average molecular weight is 286 g/mol. The van der Waals surface area contributed by atoms with E-state index in [-0.39, 0.29) is 0 Å². The predicted octanol–water partition coefficient (Wildman–Crippen LogP) is 3.99. The van der Waals surface area contributed by atoms with Crippen LogP contribution in [0.1, 0.15) is 57.6 Å². The maximum Gasteiger partial charge on any atom is 0.0476 e. The van der Waals surface area contributed by atoms with Crippen LogP contribution in [0.3, 0.4) is 0 Å². The summed E-state index contributed by atoms with van der Waals surface area (Å²) in [5.74, 6) is 0.909. The van der Waals surface area contributed by atoms with Crippen LogP contribution < -0.4 is 5.32 Å². The molecule has 2 aliphatic rings. The van der Waals surface area contributed by atoms with E-state index in [1.54, 1.807) is 0 Å². The molecule has 0 bridgehead atoms. The molecule has 3 atom stereocenters. The Morgan fingerprint density at radius 1 is 1.19 bits per heavy atom. The minimum absolute atomic E-state index is 0.546. The zero-order chi connectivity index (χ0) is 14.7. The van der Waals surface area contributed by atoms with E-state index in [0.717, 1.165) is 12.5 Å². The minimum Gasteiger partial charge on any atom is -0.311 e. The first-order valence-corrected chi connectivity index (χ1v) is 8.83. The molecule has 0 amide bonds. The first kappa shape index (κ1) is 15.1. The maximum absolute atomic E-state index is 3.75. The molecule has 1 saturated carbocycles. The zero-order valence-electron chi connectivity index (χ0n) is 13.6. The van der Waals surface area contributed by atoms with Crippen molar-refractivity contribution in [3.05, 3.63) is 35.9 Å². The molecule has 1 aromatic carbocycles. The topological polar surface area (TPSA) is 15.3 Å². The smallest absolute Gasteiger partial charge is 0.0476 e. The molecular weight excluding hydrogens is 256 g/mol. The number of nitrogens with one attached hydrogen (secondary N) is 1. The standard InChI is InChI=1S/C19H30N2/c1-3-18-14-21(15(2)16-9-7-8-10-16)19(13-20-18)17-11-5-4-6-12-17/h4-6,11-12,15-16,18-20H,3,7-10,13-14H2,1-2H3. The third-order valence-electron chi connectivity index (χ3n) is 5.71. The zero-order valence-corrected chi connectivity index (χ0v) is 13.6. The molecular formula is C19H30N2. The molecule has 116 valence electrons. The molecule has 1 N–H and O–H groups in total. The first-order chi connectivity index (χ1) is 10.3. The molecule has 1 aliphatic heterocycles. The van der Waals surface area contributed by atoms with E-state index in [1.807, 2.05) is 0 Å². The Morgan fingerprint density at radius 3 is 2.57 bits per heavy atom. The van der Waals surface area contributed by atoms with Crippen LogP contribution in [0, 0.1) is 5.92 Å². The summed E-state index contributed by atoms with van der Waals surface area (Å²) >= 11 is 0. The molecule has 2 nitrogen and oxygen atoms in total. The lowest BCUT2D eigenvalue weighted by atomic mass is 9.92. The van der Waals surface area contributed by atoms with Crippen molar-refractivity contribution in [1.82, 2.24) is 10.2 Å². The third-order valence-corrected chi connectivity index (χ3v) is 5.71. The van der Waals surface area contributed by atoms with Crippen molar-refractivity contribution in [3.8, 4) is 0 Å². The second kappa shape index (κ2) is 6.93. The Bertz CT molecular complexity index is 424. The van der Waals surface area contributed by atoms with Crippen LogP contribution in [-0.2, 0) is 0 Å². The molecule has 1 aliphatic carbocycles. The van der Waals surface area contributed by atoms with Gasteiger partial charge in [0.15, 0.2) is 0 Å². The van der Waals surface area contributed by atoms with E-state index in [9.17, 15) is 0 Å². The van der Waals surface area contributed by atoms with E-state index < -0.39 is 0 Å². The summed E-state index contributed by atoms with van der Waals surface area (Å²) in [6.07, 6.45) is 6.98. The fourth-order valence-electron chi connectivity index (χ4n) is 4.26. The quantitative estimate of drug-likeness (QED) is 0.900. The lowest BCUT2D eigenvalue weighted by Crippen LogP contribution is -2.55. The van der Waals surface area contributed by atoms with E-state index in [1.165, 1.54) is 44.2 Å². The second-order valence-electron chi connectivity index (χ2n) is 6.92. The molecule has 0 aromatic heterocycles. The molecule has 1 heterocycles. The summed E-state index contributed by atoms with van der Waals surface area (Å²) < 4.78 is 0. The van der Waals surface area contributed by atoms with Gasteiger partial charge >= 0.3 is 0 Å². The van der Waals surface area contributed by atoms with Crippen molar-refractivity contribution in [2.75, 3.05) is 13.1 Å². The highest BCUT2D eigenvalue weighted by Gasteiger charge is 2.35. The molecule has 0 spiro atoms. The molecule has 1 aromatic rings. The van der Waals surface area contributed by atoms with Crippen LogP contribution in [0.25, 0.3) is 0 Å². The van der Waals surface area contributed by atoms with E-state index in [0.29, 0.717) is 18.1 Å². The number of hydrogen-bond donors (Lipinski definition) is 1. The maximum atomic E-state index is 3.75. The van der Waals surface area contributed by atoms with Gasteiger partial charge in [-0.05, 0) is 37.7 Å². The highest BCUT2D eigenvalue weighted by molar-refractivity contribution is 5.20. The molecule has 3 rings (SSSR count). The minimum atomic E-state index is 0.546. The average Bonchev–Trinajstić information content (AvgIpc) is 3.09. The van der Waals surface area contributed by atoms with E-state index >= 15 is 0 Å². The largest absolute Gasteiger partial charge is 0.311 e. The van der Waals surface area contributed by atoms with Crippen molar-refractivity contribution in [3.63, 3.8) is 0 Å². The summed E-state index contributed by atoms with van der Waals surface area (Å²) in [7, 11) is 0. The summed E-state index contributed by atoms with van der Waals surface area (Å²) in [5.41, 5.74) is 1.48. The first-order valence-electron chi connectivity index (χ1n) is 8.83. The third kappa shape index (κ3) is 3.32. The molecule has 0 radical (unpaired) electrons. The van der Waals surface area contributed by atoms with Crippen LogP contribution in [0.2, 0.25) is 0 Å². The van der Waals surface area contributed by atoms with Gasteiger partial charge in [0.05, 0.1) is 0 Å². The van der Waals surface area contributed by atoms with Crippen LogP contribution >= 0.6 is 0 Å². The van der Waals surface area contributed by atoms with Crippen LogP contribution in [0.15, 0.2) is 30.3 Å². The number of rotatable bonds is 4. The van der Waals surface area contributed by atoms with Crippen molar-refractivity contribution in [2.45, 2.75) is 64.1 Å². The van der Waals surface area contributed by atoms with Gasteiger partial charge in [-0.15, -0.1) is 0 Å². The van der Waals surface area contributed by atoms with Gasteiger partial charge < -0.3 is 5.32 Å². The monoisotopic (exact) mass is 286 g/mol. The SMILES string of the molecule is CCC1CN(C(C)C2CCCC2)C(c2ccccc2)CN1. The number of benzene rings is 1. The highest BCUT2D eigenvalue weighted by atomic mass is 15.3. The lowest BCUT2D eigenvalue weighted by Gasteiger charge is -2.45. The van der Waals surface area contributed by atoms with Gasteiger partial charge in [0.2, 0.25) is 0 Å². The van der Waals surface area contributed by atoms with Crippen molar-refractivity contribution in [1.29, 1.82) is 0 Å². The predicted molar refractivity (Wildman–Crippen MR) is 89.4 cm³/mol. The van der Waals surface area contributed by atoms with E-state index in [4.69, 9.17) is 0 Å². The van der Waals surface area contributed by atoms with Gasteiger partial charge in [-0.25, -0.2) is 0 Å². The second-order valence-corrected chi connectivity index (χ2v) is 6.92. The number of piperazine rings is 1. The van der Waals surface area contributed by atoms with Crippen molar-refractivity contribution >= 4 is 0 Å². The summed E-state index contributed by atoms with van der Waals surface area (Å²) in [6.45, 7) is 7.08. The Morgan fingerprint density at radius 2 is 1.90 bits per heavy atom. The van der Waals surface area contributed by atoms with Gasteiger partial charge in [-0.2, -0.15) is 0 Å². The van der Waals surface area contributed by atoms with Crippen LogP contribution in [-0.4, -0.2) is 30.1 Å². The summed E-state index contributed by atoms with van der Waals surface area (Å²) in [5, 5.41) is 3.75. The van der Waals surface area contributed by atoms with Gasteiger partial charge in [0.25, 0.3) is 0 Å². The summed E-state index contributed by atoms with van der Waals surface area (Å²) in [6, 6.07) is 13.0. The highest BCUT2D eigenvalue weighted by Crippen LogP contribution is 2.35. The Kier molecular flexibility index (Phi) is 4.97. The summed E-state index contributed by atoms with van der Waals surface area (Å²) in [4.78, 5) is 2.80. The van der Waals surface area contributed by atoms with Crippen molar-refractivity contribution in [2.24, 2.45) is 5.92 Å². The van der Waals surface area contributed by atoms with E-state index in [2.05, 4.69) is 54.4 Å². The fraction of sp³-hybridized carbons (Fsp3) is 0.684. The Hall–Kier alpha value is -0.860. The Balaban J connectivity index is 1.79. The molecule has 2 fully saturated rings. The van der Waals surface area contributed by atoms with Crippen LogP contribution in [0.5, 0.6) is 0 Å². The Labute approximate surface area is 129 Å². The molecule has 1 saturated heterocycles. The van der Waals surface area contributed by atoms with Gasteiger partial charge in [-0.1, -0.05) is 50.1 Å². The number of hydrogen-bond acceptors (Lipinski definition) is 2. The number of nitrogens with zero attached hydrogens (tertiary/aromatic N) is 1. The van der Waals surface area contributed by atoms with Gasteiger partial charge in [-0.3, -0.25) is 4.90 Å². The molecule has 2 heteroatoms. The molecule has 3 unspecified atom stereocenters. The van der Waals surface area contributed by atoms with Gasteiger partial charge in [0.1, 0.15) is 0 Å². The van der Waals surface area contributed by atoms with Gasteiger partial charge in [0, 0.05) is 31.2 Å². The lowest BCUT2D eigenvalue weighted by molar-refractivity contribution is 0.0591. The molecule has 21 heavy (non-hydrogen) atoms.